The van der Waals surface area contributed by atoms with E-state index in [4.69, 9.17) is 4.42 Å². The van der Waals surface area contributed by atoms with E-state index in [-0.39, 0.29) is 0 Å². The molecule has 1 heterocycles. The molecule has 0 spiro atoms. The van der Waals surface area contributed by atoms with Gasteiger partial charge < -0.3 is 4.42 Å². The average molecular weight is 224 g/mol. The molecule has 0 bridgehead atoms. The molecule has 0 saturated carbocycles. The molecule has 3 heteroatoms. The van der Waals surface area contributed by atoms with Crippen molar-refractivity contribution in [3.05, 3.63) is 11.8 Å². The van der Waals surface area contributed by atoms with Crippen LogP contribution in [0.2, 0.25) is 0 Å². The van der Waals surface area contributed by atoms with E-state index in [0.717, 1.165) is 18.7 Å². The van der Waals surface area contributed by atoms with Crippen molar-refractivity contribution < 1.29 is 4.42 Å². The van der Waals surface area contributed by atoms with Crippen LogP contribution in [-0.2, 0) is 6.42 Å². The first-order valence-electron chi connectivity index (χ1n) is 6.38. The van der Waals surface area contributed by atoms with Gasteiger partial charge in [-0.15, -0.1) is 10.2 Å². The van der Waals surface area contributed by atoms with Gasteiger partial charge >= 0.3 is 0 Å². The Kier molecular flexibility index (Phi) is 4.97. The smallest absolute Gasteiger partial charge is 0.216 e. The Morgan fingerprint density at radius 3 is 2.44 bits per heavy atom. The molecule has 0 aliphatic heterocycles. The molecule has 1 unspecified atom stereocenters. The summed E-state index contributed by atoms with van der Waals surface area (Å²) in [5.74, 6) is 1.45. The largest absolute Gasteiger partial charge is 0.426 e. The molecule has 0 saturated heterocycles. The van der Waals surface area contributed by atoms with E-state index in [1.165, 1.54) is 25.7 Å². The highest BCUT2D eigenvalue weighted by Crippen LogP contribution is 2.33. The van der Waals surface area contributed by atoms with Gasteiger partial charge in [-0.05, 0) is 18.3 Å². The molecule has 1 atom stereocenters. The van der Waals surface area contributed by atoms with Gasteiger partial charge in [-0.25, -0.2) is 0 Å². The van der Waals surface area contributed by atoms with Crippen molar-refractivity contribution in [2.45, 2.75) is 66.2 Å². The lowest BCUT2D eigenvalue weighted by atomic mass is 9.78. The number of nitrogens with zero attached hydrogens (tertiary/aromatic N) is 2. The van der Waals surface area contributed by atoms with E-state index in [9.17, 15) is 0 Å². The molecule has 1 aromatic rings. The fourth-order valence-electron chi connectivity index (χ4n) is 1.93. The highest BCUT2D eigenvalue weighted by atomic mass is 16.4. The number of hydrogen-bond acceptors (Lipinski definition) is 3. The third-order valence-corrected chi connectivity index (χ3v) is 3.50. The third kappa shape index (κ3) is 3.95. The number of rotatable bonds is 7. The molecule has 1 aromatic heterocycles. The standard InChI is InChI=1S/C13H24N2O/c1-5-7-9-13(4,6-2)10-8-12-15-14-11(3)16-12/h5-10H2,1-4H3. The van der Waals surface area contributed by atoms with Crippen molar-refractivity contribution in [3.8, 4) is 0 Å². The second-order valence-electron chi connectivity index (χ2n) is 4.98. The van der Waals surface area contributed by atoms with Gasteiger partial charge in [-0.2, -0.15) is 0 Å². The predicted octanol–water partition coefficient (Wildman–Crippen LogP) is 3.92. The Hall–Kier alpha value is -0.860. The minimum atomic E-state index is 0.429. The number of unbranched alkanes of at least 4 members (excludes halogenated alkanes) is 1. The lowest BCUT2D eigenvalue weighted by molar-refractivity contribution is 0.245. The average Bonchev–Trinajstić information content (AvgIpc) is 2.70. The normalized spacial score (nSPS) is 15.0. The zero-order valence-electron chi connectivity index (χ0n) is 11.0. The fraction of sp³-hybridized carbons (Fsp3) is 0.846. The quantitative estimate of drug-likeness (QED) is 0.704. The van der Waals surface area contributed by atoms with E-state index in [0.29, 0.717) is 11.3 Å². The van der Waals surface area contributed by atoms with Crippen molar-refractivity contribution in [1.82, 2.24) is 10.2 Å². The minimum absolute atomic E-state index is 0.429. The number of aromatic nitrogens is 2. The number of aryl methyl sites for hydroxylation is 2. The molecule has 0 radical (unpaired) electrons. The van der Waals surface area contributed by atoms with Crippen LogP contribution in [0, 0.1) is 12.3 Å². The van der Waals surface area contributed by atoms with Gasteiger partial charge in [-0.3, -0.25) is 0 Å². The summed E-state index contributed by atoms with van der Waals surface area (Å²) < 4.78 is 5.41. The summed E-state index contributed by atoms with van der Waals surface area (Å²) in [7, 11) is 0. The van der Waals surface area contributed by atoms with E-state index in [1.54, 1.807) is 0 Å². The third-order valence-electron chi connectivity index (χ3n) is 3.50. The van der Waals surface area contributed by atoms with Crippen LogP contribution >= 0.6 is 0 Å². The van der Waals surface area contributed by atoms with Crippen molar-refractivity contribution in [2.75, 3.05) is 0 Å². The summed E-state index contributed by atoms with van der Waals surface area (Å²) in [6.07, 6.45) is 7.16. The van der Waals surface area contributed by atoms with E-state index in [1.807, 2.05) is 6.92 Å². The lowest BCUT2D eigenvalue weighted by Gasteiger charge is -2.27. The summed E-state index contributed by atoms with van der Waals surface area (Å²) in [4.78, 5) is 0. The topological polar surface area (TPSA) is 38.9 Å². The molecule has 1 rings (SSSR count). The molecule has 16 heavy (non-hydrogen) atoms. The molecule has 0 aliphatic rings. The predicted molar refractivity (Wildman–Crippen MR) is 65.3 cm³/mol. The fourth-order valence-corrected chi connectivity index (χ4v) is 1.93. The van der Waals surface area contributed by atoms with Gasteiger partial charge in [0, 0.05) is 13.3 Å². The summed E-state index contributed by atoms with van der Waals surface area (Å²) in [6.45, 7) is 8.73. The Morgan fingerprint density at radius 2 is 1.94 bits per heavy atom. The monoisotopic (exact) mass is 224 g/mol. The van der Waals surface area contributed by atoms with Gasteiger partial charge in [0.25, 0.3) is 0 Å². The molecule has 0 aromatic carbocycles. The van der Waals surface area contributed by atoms with Crippen LogP contribution in [-0.4, -0.2) is 10.2 Å². The first-order chi connectivity index (χ1) is 7.59. The van der Waals surface area contributed by atoms with Crippen molar-refractivity contribution >= 4 is 0 Å². The van der Waals surface area contributed by atoms with Crippen LogP contribution in [0.4, 0.5) is 0 Å². The Bertz CT molecular complexity index is 309. The second kappa shape index (κ2) is 6.02. The first-order valence-corrected chi connectivity index (χ1v) is 6.38. The zero-order valence-corrected chi connectivity index (χ0v) is 11.0. The van der Waals surface area contributed by atoms with Crippen LogP contribution < -0.4 is 0 Å². The molecule has 92 valence electrons. The van der Waals surface area contributed by atoms with Gasteiger partial charge in [-0.1, -0.05) is 40.0 Å². The maximum atomic E-state index is 5.41. The van der Waals surface area contributed by atoms with Gasteiger partial charge in [0.05, 0.1) is 0 Å². The molecule has 0 fully saturated rings. The lowest BCUT2D eigenvalue weighted by Crippen LogP contribution is -2.16. The summed E-state index contributed by atoms with van der Waals surface area (Å²) in [5, 5.41) is 7.91. The maximum absolute atomic E-state index is 5.41. The first kappa shape index (κ1) is 13.2. The summed E-state index contributed by atoms with van der Waals surface area (Å²) in [6, 6.07) is 0. The molecular weight excluding hydrogens is 200 g/mol. The second-order valence-corrected chi connectivity index (χ2v) is 4.98. The molecule has 0 aliphatic carbocycles. The van der Waals surface area contributed by atoms with Crippen molar-refractivity contribution in [1.29, 1.82) is 0 Å². The Balaban J connectivity index is 2.44. The van der Waals surface area contributed by atoms with Crippen molar-refractivity contribution in [2.24, 2.45) is 5.41 Å². The molecule has 0 N–H and O–H groups in total. The van der Waals surface area contributed by atoms with Crippen LogP contribution in [0.1, 0.15) is 64.7 Å². The summed E-state index contributed by atoms with van der Waals surface area (Å²) in [5.41, 5.74) is 0.429. The van der Waals surface area contributed by atoms with E-state index >= 15 is 0 Å². The van der Waals surface area contributed by atoms with E-state index < -0.39 is 0 Å². The SMILES string of the molecule is CCCCC(C)(CC)CCc1nnc(C)o1. The molecule has 0 amide bonds. The highest BCUT2D eigenvalue weighted by Gasteiger charge is 2.22. The van der Waals surface area contributed by atoms with Crippen LogP contribution in [0.3, 0.4) is 0 Å². The van der Waals surface area contributed by atoms with Crippen LogP contribution in [0.25, 0.3) is 0 Å². The maximum Gasteiger partial charge on any atom is 0.216 e. The summed E-state index contributed by atoms with van der Waals surface area (Å²) >= 11 is 0. The Labute approximate surface area is 98.6 Å². The van der Waals surface area contributed by atoms with Gasteiger partial charge in [0.1, 0.15) is 0 Å². The Morgan fingerprint density at radius 1 is 1.19 bits per heavy atom. The molecule has 3 nitrogen and oxygen atoms in total. The van der Waals surface area contributed by atoms with Crippen molar-refractivity contribution in [3.63, 3.8) is 0 Å². The van der Waals surface area contributed by atoms with Crippen LogP contribution in [0.15, 0.2) is 4.42 Å². The number of hydrogen-bond donors (Lipinski definition) is 0. The van der Waals surface area contributed by atoms with Gasteiger partial charge in [0.2, 0.25) is 11.8 Å². The highest BCUT2D eigenvalue weighted by molar-refractivity contribution is 4.83. The van der Waals surface area contributed by atoms with Gasteiger partial charge in [0.15, 0.2) is 0 Å². The zero-order chi connectivity index (χ0) is 12.0. The minimum Gasteiger partial charge on any atom is -0.426 e. The molecular formula is C13H24N2O. The van der Waals surface area contributed by atoms with Crippen LogP contribution in [0.5, 0.6) is 0 Å². The van der Waals surface area contributed by atoms with E-state index in [2.05, 4.69) is 31.0 Å².